The summed E-state index contributed by atoms with van der Waals surface area (Å²) in [6.07, 6.45) is 0. The first-order valence-electron chi connectivity index (χ1n) is 5.86. The van der Waals surface area contributed by atoms with Gasteiger partial charge in [0.1, 0.15) is 0 Å². The first-order chi connectivity index (χ1) is 8.60. The molecule has 0 aromatic heterocycles. The van der Waals surface area contributed by atoms with Gasteiger partial charge in [-0.15, -0.1) is 0 Å². The number of rotatable bonds is 6. The van der Waals surface area contributed by atoms with Gasteiger partial charge in [-0.2, -0.15) is 0 Å². The average Bonchev–Trinajstić information content (AvgIpc) is 2.38. The minimum Gasteiger partial charge on any atom is -0.465 e. The lowest BCUT2D eigenvalue weighted by molar-refractivity contribution is 0.0601. The quantitative estimate of drug-likeness (QED) is 0.472. The van der Waals surface area contributed by atoms with Gasteiger partial charge >= 0.3 is 5.97 Å². The van der Waals surface area contributed by atoms with Crippen LogP contribution in [-0.2, 0) is 9.47 Å². The van der Waals surface area contributed by atoms with Crippen LogP contribution >= 0.6 is 0 Å². The van der Waals surface area contributed by atoms with Gasteiger partial charge in [0.15, 0.2) is 0 Å². The maximum Gasteiger partial charge on any atom is 0.337 e. The monoisotopic (exact) mass is 252 g/mol. The Morgan fingerprint density at radius 3 is 2.78 bits per heavy atom. The highest BCUT2D eigenvalue weighted by atomic mass is 16.5. The van der Waals surface area contributed by atoms with Crippen molar-refractivity contribution in [2.24, 2.45) is 0 Å². The van der Waals surface area contributed by atoms with Crippen LogP contribution in [0.15, 0.2) is 18.2 Å². The summed E-state index contributed by atoms with van der Waals surface area (Å²) in [6, 6.07) is 5.09. The van der Waals surface area contributed by atoms with Crippen molar-refractivity contribution < 1.29 is 14.3 Å². The van der Waals surface area contributed by atoms with E-state index in [4.69, 9.17) is 10.5 Å². The van der Waals surface area contributed by atoms with Gasteiger partial charge in [-0.3, -0.25) is 0 Å². The van der Waals surface area contributed by atoms with E-state index in [-0.39, 0.29) is 5.97 Å². The summed E-state index contributed by atoms with van der Waals surface area (Å²) in [5.74, 6) is -0.366. The number of hydrogen-bond donors (Lipinski definition) is 1. The predicted octanol–water partition coefficient (Wildman–Crippen LogP) is 1.53. The molecule has 0 aliphatic carbocycles. The molecule has 1 aromatic carbocycles. The maximum atomic E-state index is 11.5. The summed E-state index contributed by atoms with van der Waals surface area (Å²) in [5, 5.41) is 0. The number of anilines is 2. The van der Waals surface area contributed by atoms with E-state index in [2.05, 4.69) is 4.74 Å². The standard InChI is InChI=1S/C13H20N2O3/c1-4-18-8-7-15(2)12-9-10(13(16)17-3)5-6-11(12)14/h5-6,9H,4,7-8,14H2,1-3H3. The minimum absolute atomic E-state index is 0.366. The smallest absolute Gasteiger partial charge is 0.337 e. The third-order valence-corrected chi connectivity index (χ3v) is 2.64. The molecular formula is C13H20N2O3. The van der Waals surface area contributed by atoms with Gasteiger partial charge < -0.3 is 20.1 Å². The Bertz CT molecular complexity index is 407. The first kappa shape index (κ1) is 14.3. The summed E-state index contributed by atoms with van der Waals surface area (Å²) >= 11 is 0. The third-order valence-electron chi connectivity index (χ3n) is 2.64. The highest BCUT2D eigenvalue weighted by Gasteiger charge is 2.11. The van der Waals surface area contributed by atoms with Gasteiger partial charge in [0.25, 0.3) is 0 Å². The molecule has 1 rings (SSSR count). The molecule has 0 fully saturated rings. The molecule has 0 aliphatic rings. The number of benzene rings is 1. The molecule has 0 amide bonds. The number of carbonyl (C=O) groups is 1. The number of ether oxygens (including phenoxy) is 2. The lowest BCUT2D eigenvalue weighted by Gasteiger charge is -2.21. The lowest BCUT2D eigenvalue weighted by atomic mass is 10.1. The second kappa shape index (κ2) is 6.86. The van der Waals surface area contributed by atoms with Gasteiger partial charge in [-0.05, 0) is 25.1 Å². The highest BCUT2D eigenvalue weighted by Crippen LogP contribution is 2.23. The lowest BCUT2D eigenvalue weighted by Crippen LogP contribution is -2.23. The summed E-state index contributed by atoms with van der Waals surface area (Å²) in [6.45, 7) is 3.97. The molecule has 0 radical (unpaired) electrons. The Morgan fingerprint density at radius 1 is 1.44 bits per heavy atom. The number of methoxy groups -OCH3 is 1. The van der Waals surface area contributed by atoms with Gasteiger partial charge in [-0.25, -0.2) is 4.79 Å². The highest BCUT2D eigenvalue weighted by molar-refractivity contribution is 5.92. The van der Waals surface area contributed by atoms with Crippen LogP contribution in [0.25, 0.3) is 0 Å². The van der Waals surface area contributed by atoms with E-state index in [1.807, 2.05) is 18.9 Å². The van der Waals surface area contributed by atoms with Gasteiger partial charge in [0.05, 0.1) is 30.7 Å². The van der Waals surface area contributed by atoms with Crippen molar-refractivity contribution in [3.05, 3.63) is 23.8 Å². The van der Waals surface area contributed by atoms with E-state index >= 15 is 0 Å². The van der Waals surface area contributed by atoms with Crippen molar-refractivity contribution in [3.63, 3.8) is 0 Å². The summed E-state index contributed by atoms with van der Waals surface area (Å²) in [5.41, 5.74) is 7.82. The molecule has 0 saturated carbocycles. The number of carbonyl (C=O) groups excluding carboxylic acids is 1. The average molecular weight is 252 g/mol. The molecule has 0 spiro atoms. The molecule has 0 atom stereocenters. The van der Waals surface area contributed by atoms with Crippen molar-refractivity contribution in [1.29, 1.82) is 0 Å². The zero-order valence-electron chi connectivity index (χ0n) is 11.1. The Morgan fingerprint density at radius 2 is 2.17 bits per heavy atom. The molecule has 2 N–H and O–H groups in total. The second-order valence-corrected chi connectivity index (χ2v) is 3.88. The van der Waals surface area contributed by atoms with Crippen LogP contribution < -0.4 is 10.6 Å². The number of nitrogen functional groups attached to an aromatic ring is 1. The summed E-state index contributed by atoms with van der Waals surface area (Å²) in [7, 11) is 3.27. The molecule has 0 unspecified atom stereocenters. The molecule has 18 heavy (non-hydrogen) atoms. The van der Waals surface area contributed by atoms with Crippen molar-refractivity contribution in [3.8, 4) is 0 Å². The van der Waals surface area contributed by atoms with Gasteiger partial charge in [-0.1, -0.05) is 0 Å². The van der Waals surface area contributed by atoms with Crippen LogP contribution in [0.2, 0.25) is 0 Å². The normalized spacial score (nSPS) is 10.2. The van der Waals surface area contributed by atoms with E-state index in [0.29, 0.717) is 31.0 Å². The Kier molecular flexibility index (Phi) is 5.45. The second-order valence-electron chi connectivity index (χ2n) is 3.88. The van der Waals surface area contributed by atoms with Crippen molar-refractivity contribution >= 4 is 17.3 Å². The Hall–Kier alpha value is -1.75. The van der Waals surface area contributed by atoms with Crippen LogP contribution in [-0.4, -0.2) is 39.9 Å². The zero-order valence-corrected chi connectivity index (χ0v) is 11.1. The Balaban J connectivity index is 2.82. The fraction of sp³-hybridized carbons (Fsp3) is 0.462. The zero-order chi connectivity index (χ0) is 13.5. The largest absolute Gasteiger partial charge is 0.465 e. The van der Waals surface area contributed by atoms with E-state index < -0.39 is 0 Å². The Labute approximate surface area is 107 Å². The van der Waals surface area contributed by atoms with Crippen LogP contribution in [0.4, 0.5) is 11.4 Å². The van der Waals surface area contributed by atoms with Crippen LogP contribution in [0.1, 0.15) is 17.3 Å². The third kappa shape index (κ3) is 3.63. The van der Waals surface area contributed by atoms with E-state index in [1.165, 1.54) is 7.11 Å². The molecule has 0 heterocycles. The van der Waals surface area contributed by atoms with Crippen molar-refractivity contribution in [2.45, 2.75) is 6.92 Å². The van der Waals surface area contributed by atoms with Crippen LogP contribution in [0.3, 0.4) is 0 Å². The molecule has 100 valence electrons. The molecule has 0 saturated heterocycles. The summed E-state index contributed by atoms with van der Waals surface area (Å²) < 4.78 is 9.98. The van der Waals surface area contributed by atoms with Gasteiger partial charge in [0.2, 0.25) is 0 Å². The molecule has 5 heteroatoms. The molecule has 0 bridgehead atoms. The first-order valence-corrected chi connectivity index (χ1v) is 5.86. The number of nitrogens with zero attached hydrogens (tertiary/aromatic N) is 1. The summed E-state index contributed by atoms with van der Waals surface area (Å²) in [4.78, 5) is 13.4. The molecule has 5 nitrogen and oxygen atoms in total. The van der Waals surface area contributed by atoms with Crippen LogP contribution in [0, 0.1) is 0 Å². The number of likely N-dealkylation sites (N-methyl/N-ethyl adjacent to an activating group) is 1. The van der Waals surface area contributed by atoms with Crippen molar-refractivity contribution in [2.75, 3.05) is 44.5 Å². The molecule has 0 aliphatic heterocycles. The SMILES string of the molecule is CCOCCN(C)c1cc(C(=O)OC)ccc1N. The van der Waals surface area contributed by atoms with Crippen molar-refractivity contribution in [1.82, 2.24) is 0 Å². The molecular weight excluding hydrogens is 232 g/mol. The number of hydrogen-bond acceptors (Lipinski definition) is 5. The maximum absolute atomic E-state index is 11.5. The van der Waals surface area contributed by atoms with E-state index in [9.17, 15) is 4.79 Å². The minimum atomic E-state index is -0.366. The fourth-order valence-corrected chi connectivity index (χ4v) is 1.59. The predicted molar refractivity (Wildman–Crippen MR) is 72.0 cm³/mol. The fourth-order valence-electron chi connectivity index (χ4n) is 1.59. The van der Waals surface area contributed by atoms with E-state index in [0.717, 1.165) is 5.69 Å². The van der Waals surface area contributed by atoms with Gasteiger partial charge in [0, 0.05) is 20.2 Å². The number of nitrogens with two attached hydrogens (primary N) is 1. The van der Waals surface area contributed by atoms with E-state index in [1.54, 1.807) is 18.2 Å². The molecule has 1 aromatic rings. The van der Waals surface area contributed by atoms with Crippen LogP contribution in [0.5, 0.6) is 0 Å². The number of esters is 1. The topological polar surface area (TPSA) is 64.8 Å².